The first kappa shape index (κ1) is 16.1. The Morgan fingerprint density at radius 1 is 1.26 bits per heavy atom. The smallest absolute Gasteiger partial charge is 0.159 e. The molecule has 0 spiro atoms. The predicted octanol–water partition coefficient (Wildman–Crippen LogP) is 3.43. The largest absolute Gasteiger partial charge is 0.383 e. The number of hydrogen-bond acceptors (Lipinski definition) is 2. The van der Waals surface area contributed by atoms with Gasteiger partial charge in [0.15, 0.2) is 11.6 Å². The molecule has 0 aromatic heterocycles. The molecule has 1 aromatic carbocycles. The fourth-order valence-electron chi connectivity index (χ4n) is 2.29. The van der Waals surface area contributed by atoms with Crippen LogP contribution in [-0.4, -0.2) is 38.3 Å². The molecule has 4 heteroatoms. The fraction of sp³-hybridized carbons (Fsp3) is 0.600. The summed E-state index contributed by atoms with van der Waals surface area (Å²) in [4.78, 5) is 2.29. The molecular weight excluding hydrogens is 248 g/mol. The summed E-state index contributed by atoms with van der Waals surface area (Å²) in [6, 6.07) is 4.21. The molecule has 19 heavy (non-hydrogen) atoms. The third-order valence-electron chi connectivity index (χ3n) is 3.30. The molecule has 1 unspecified atom stereocenters. The number of rotatable bonds is 4. The molecule has 1 atom stereocenters. The number of likely N-dealkylation sites (tertiary alicyclic amines) is 1. The summed E-state index contributed by atoms with van der Waals surface area (Å²) in [6.45, 7) is 7.50. The van der Waals surface area contributed by atoms with Crippen LogP contribution in [0.3, 0.4) is 0 Å². The first-order valence-electron chi connectivity index (χ1n) is 6.87. The van der Waals surface area contributed by atoms with Crippen molar-refractivity contribution in [3.8, 4) is 0 Å². The first-order valence-corrected chi connectivity index (χ1v) is 6.87. The lowest BCUT2D eigenvalue weighted by atomic mass is 9.98. The van der Waals surface area contributed by atoms with Crippen LogP contribution in [0, 0.1) is 11.6 Å². The molecule has 0 N–H and O–H groups in total. The van der Waals surface area contributed by atoms with Crippen molar-refractivity contribution in [3.05, 3.63) is 35.4 Å². The fourth-order valence-corrected chi connectivity index (χ4v) is 2.29. The second-order valence-corrected chi connectivity index (χ2v) is 4.45. The highest BCUT2D eigenvalue weighted by atomic mass is 19.2. The monoisotopic (exact) mass is 271 g/mol. The van der Waals surface area contributed by atoms with Crippen molar-refractivity contribution in [1.29, 1.82) is 0 Å². The van der Waals surface area contributed by atoms with Crippen molar-refractivity contribution in [2.24, 2.45) is 0 Å². The topological polar surface area (TPSA) is 12.5 Å². The van der Waals surface area contributed by atoms with Gasteiger partial charge in [-0.3, -0.25) is 0 Å². The zero-order valence-electron chi connectivity index (χ0n) is 12.0. The molecule has 108 valence electrons. The highest BCUT2D eigenvalue weighted by Gasteiger charge is 2.24. The molecule has 1 saturated heterocycles. The van der Waals surface area contributed by atoms with Crippen molar-refractivity contribution in [2.75, 3.05) is 33.4 Å². The molecule has 2 rings (SSSR count). The van der Waals surface area contributed by atoms with E-state index in [2.05, 4.69) is 4.90 Å². The van der Waals surface area contributed by atoms with Crippen LogP contribution < -0.4 is 0 Å². The van der Waals surface area contributed by atoms with Gasteiger partial charge in [-0.25, -0.2) is 8.78 Å². The van der Waals surface area contributed by atoms with Crippen LogP contribution in [0.25, 0.3) is 0 Å². The molecule has 0 radical (unpaired) electrons. The Balaban J connectivity index is 0.000000861. The summed E-state index contributed by atoms with van der Waals surface area (Å²) < 4.78 is 31.0. The summed E-state index contributed by atoms with van der Waals surface area (Å²) in [5.74, 6) is -1.22. The van der Waals surface area contributed by atoms with E-state index in [9.17, 15) is 8.78 Å². The summed E-state index contributed by atoms with van der Waals surface area (Å²) in [5.41, 5.74) is 0.892. The first-order chi connectivity index (χ1) is 9.20. The van der Waals surface area contributed by atoms with Gasteiger partial charge in [0.1, 0.15) is 0 Å². The maximum atomic E-state index is 13.1. The van der Waals surface area contributed by atoms with E-state index in [-0.39, 0.29) is 0 Å². The van der Waals surface area contributed by atoms with Crippen molar-refractivity contribution in [2.45, 2.75) is 26.2 Å². The Kier molecular flexibility index (Phi) is 6.95. The molecule has 0 bridgehead atoms. The summed E-state index contributed by atoms with van der Waals surface area (Å²) in [6.07, 6.45) is 0.995. The molecule has 0 amide bonds. The zero-order chi connectivity index (χ0) is 14.3. The van der Waals surface area contributed by atoms with E-state index in [1.165, 1.54) is 12.1 Å². The van der Waals surface area contributed by atoms with Crippen molar-refractivity contribution < 1.29 is 13.5 Å². The van der Waals surface area contributed by atoms with E-state index < -0.39 is 11.6 Å². The van der Waals surface area contributed by atoms with Gasteiger partial charge in [0.2, 0.25) is 0 Å². The van der Waals surface area contributed by atoms with Gasteiger partial charge in [-0.2, -0.15) is 0 Å². The van der Waals surface area contributed by atoms with Crippen LogP contribution >= 0.6 is 0 Å². The van der Waals surface area contributed by atoms with E-state index in [0.29, 0.717) is 12.5 Å². The van der Waals surface area contributed by atoms with E-state index in [4.69, 9.17) is 4.74 Å². The van der Waals surface area contributed by atoms with E-state index in [1.807, 2.05) is 13.8 Å². The average molecular weight is 271 g/mol. The van der Waals surface area contributed by atoms with Gasteiger partial charge in [-0.1, -0.05) is 19.9 Å². The maximum Gasteiger partial charge on any atom is 0.159 e. The maximum absolute atomic E-state index is 13.1. The predicted molar refractivity (Wildman–Crippen MR) is 73.4 cm³/mol. The molecule has 1 aliphatic heterocycles. The summed E-state index contributed by atoms with van der Waals surface area (Å²) in [5, 5.41) is 0. The second-order valence-electron chi connectivity index (χ2n) is 4.45. The molecule has 2 nitrogen and oxygen atoms in total. The van der Waals surface area contributed by atoms with Gasteiger partial charge in [0, 0.05) is 20.2 Å². The second kappa shape index (κ2) is 8.23. The Morgan fingerprint density at radius 3 is 2.63 bits per heavy atom. The molecule has 1 aromatic rings. The number of hydrogen-bond donors (Lipinski definition) is 0. The van der Waals surface area contributed by atoms with Crippen LogP contribution in [0.5, 0.6) is 0 Å². The van der Waals surface area contributed by atoms with Gasteiger partial charge in [0.05, 0.1) is 6.61 Å². The summed E-state index contributed by atoms with van der Waals surface area (Å²) in [7, 11) is 1.68. The Bertz CT molecular complexity index is 384. The van der Waals surface area contributed by atoms with E-state index >= 15 is 0 Å². The van der Waals surface area contributed by atoms with E-state index in [1.54, 1.807) is 13.2 Å². The molecule has 0 saturated carbocycles. The molecule has 0 aliphatic carbocycles. The minimum absolute atomic E-state index is 0.307. The quantitative estimate of drug-likeness (QED) is 0.832. The minimum atomic E-state index is -0.775. The van der Waals surface area contributed by atoms with Crippen LogP contribution in [0.15, 0.2) is 18.2 Å². The lowest BCUT2D eigenvalue weighted by Crippen LogP contribution is -2.24. The third-order valence-corrected chi connectivity index (χ3v) is 3.30. The van der Waals surface area contributed by atoms with E-state index in [0.717, 1.165) is 31.6 Å². The van der Waals surface area contributed by atoms with Crippen molar-refractivity contribution in [1.82, 2.24) is 4.90 Å². The molecular formula is C15H23F2NO. The standard InChI is InChI=1S/C13H17F2NO.C2H6/c1-17-7-6-16-5-4-11(9-16)10-2-3-12(14)13(15)8-10;1-2/h2-3,8,11H,4-7,9H2,1H3;1-2H3. The SMILES string of the molecule is CC.COCCN1CCC(c2ccc(F)c(F)c2)C1. The van der Waals surface area contributed by atoms with Gasteiger partial charge in [-0.15, -0.1) is 0 Å². The lowest BCUT2D eigenvalue weighted by Gasteiger charge is -2.15. The number of ether oxygens (including phenoxy) is 1. The van der Waals surface area contributed by atoms with Crippen LogP contribution in [0.4, 0.5) is 8.78 Å². The number of benzene rings is 1. The van der Waals surface area contributed by atoms with Crippen molar-refractivity contribution in [3.63, 3.8) is 0 Å². The van der Waals surface area contributed by atoms with Gasteiger partial charge >= 0.3 is 0 Å². The van der Waals surface area contributed by atoms with Gasteiger partial charge < -0.3 is 9.64 Å². The zero-order valence-corrected chi connectivity index (χ0v) is 12.0. The molecule has 1 heterocycles. The van der Waals surface area contributed by atoms with Crippen LogP contribution in [0.2, 0.25) is 0 Å². The van der Waals surface area contributed by atoms with Crippen LogP contribution in [0.1, 0.15) is 31.7 Å². The minimum Gasteiger partial charge on any atom is -0.383 e. The Morgan fingerprint density at radius 2 is 2.00 bits per heavy atom. The highest BCUT2D eigenvalue weighted by Crippen LogP contribution is 2.27. The number of methoxy groups -OCH3 is 1. The Hall–Kier alpha value is -1.00. The van der Waals surface area contributed by atoms with Gasteiger partial charge in [-0.05, 0) is 36.6 Å². The molecule has 1 fully saturated rings. The molecule has 1 aliphatic rings. The number of nitrogens with zero attached hydrogens (tertiary/aromatic N) is 1. The normalized spacial score (nSPS) is 19.1. The van der Waals surface area contributed by atoms with Gasteiger partial charge in [0.25, 0.3) is 0 Å². The van der Waals surface area contributed by atoms with Crippen LogP contribution in [-0.2, 0) is 4.74 Å². The Labute approximate surface area is 114 Å². The average Bonchev–Trinajstić information content (AvgIpc) is 2.90. The summed E-state index contributed by atoms with van der Waals surface area (Å²) >= 11 is 0. The number of halogens is 2. The van der Waals surface area contributed by atoms with Crippen molar-refractivity contribution >= 4 is 0 Å². The third kappa shape index (κ3) is 4.55. The highest BCUT2D eigenvalue weighted by molar-refractivity contribution is 5.23. The lowest BCUT2D eigenvalue weighted by molar-refractivity contribution is 0.160.